The summed E-state index contributed by atoms with van der Waals surface area (Å²) >= 11 is 0. The predicted octanol–water partition coefficient (Wildman–Crippen LogP) is 2.21. The predicted molar refractivity (Wildman–Crippen MR) is 43.4 cm³/mol. The standard InChI is InChI=1S/C9H14O2/c1-7(9(10)11)6-8-4-2-3-5-8/h6,8H,2-5H2,1H3,(H,10,11)/b7-6+. The molecule has 1 saturated carbocycles. The van der Waals surface area contributed by atoms with Crippen molar-refractivity contribution in [2.24, 2.45) is 5.92 Å². The lowest BCUT2D eigenvalue weighted by atomic mass is 10.1. The van der Waals surface area contributed by atoms with Crippen LogP contribution in [0.5, 0.6) is 0 Å². The summed E-state index contributed by atoms with van der Waals surface area (Å²) < 4.78 is 0. The van der Waals surface area contributed by atoms with Gasteiger partial charge in [-0.25, -0.2) is 4.79 Å². The number of rotatable bonds is 2. The second kappa shape index (κ2) is 3.56. The van der Waals surface area contributed by atoms with Crippen molar-refractivity contribution in [3.63, 3.8) is 0 Å². The van der Waals surface area contributed by atoms with Gasteiger partial charge in [-0.05, 0) is 25.7 Å². The number of hydrogen-bond donors (Lipinski definition) is 1. The molecular weight excluding hydrogens is 140 g/mol. The molecule has 11 heavy (non-hydrogen) atoms. The zero-order valence-electron chi connectivity index (χ0n) is 6.84. The van der Waals surface area contributed by atoms with Crippen molar-refractivity contribution in [2.45, 2.75) is 32.6 Å². The molecule has 0 radical (unpaired) electrons. The van der Waals surface area contributed by atoms with Crippen LogP contribution in [-0.4, -0.2) is 11.1 Å². The number of carbonyl (C=O) groups is 1. The number of carboxylic acid groups (broad SMARTS) is 1. The van der Waals surface area contributed by atoms with Crippen molar-refractivity contribution < 1.29 is 9.90 Å². The molecule has 62 valence electrons. The van der Waals surface area contributed by atoms with Crippen LogP contribution in [0.2, 0.25) is 0 Å². The van der Waals surface area contributed by atoms with E-state index < -0.39 is 5.97 Å². The van der Waals surface area contributed by atoms with Gasteiger partial charge < -0.3 is 5.11 Å². The Morgan fingerprint density at radius 3 is 2.45 bits per heavy atom. The summed E-state index contributed by atoms with van der Waals surface area (Å²) in [5, 5.41) is 8.57. The third-order valence-electron chi connectivity index (χ3n) is 2.22. The quantitative estimate of drug-likeness (QED) is 0.619. The van der Waals surface area contributed by atoms with Crippen LogP contribution in [0, 0.1) is 5.92 Å². The van der Waals surface area contributed by atoms with Crippen LogP contribution < -0.4 is 0 Å². The van der Waals surface area contributed by atoms with Crippen molar-refractivity contribution in [2.75, 3.05) is 0 Å². The van der Waals surface area contributed by atoms with Gasteiger partial charge in [0.2, 0.25) is 0 Å². The van der Waals surface area contributed by atoms with E-state index in [1.165, 1.54) is 25.7 Å². The second-order valence-corrected chi connectivity index (χ2v) is 3.20. The molecule has 0 heterocycles. The molecule has 1 N–H and O–H groups in total. The first-order chi connectivity index (χ1) is 5.20. The van der Waals surface area contributed by atoms with Gasteiger partial charge in [0.25, 0.3) is 0 Å². The summed E-state index contributed by atoms with van der Waals surface area (Å²) in [7, 11) is 0. The highest BCUT2D eigenvalue weighted by atomic mass is 16.4. The van der Waals surface area contributed by atoms with Crippen LogP contribution in [0.15, 0.2) is 11.6 Å². The zero-order valence-corrected chi connectivity index (χ0v) is 6.84. The van der Waals surface area contributed by atoms with Crippen molar-refractivity contribution >= 4 is 5.97 Å². The van der Waals surface area contributed by atoms with Crippen molar-refractivity contribution in [1.29, 1.82) is 0 Å². The van der Waals surface area contributed by atoms with Crippen LogP contribution in [0.25, 0.3) is 0 Å². The van der Waals surface area contributed by atoms with E-state index in [-0.39, 0.29) is 0 Å². The molecule has 2 nitrogen and oxygen atoms in total. The van der Waals surface area contributed by atoms with Gasteiger partial charge >= 0.3 is 5.97 Å². The molecule has 1 fully saturated rings. The maximum atomic E-state index is 10.4. The van der Waals surface area contributed by atoms with Gasteiger partial charge in [-0.3, -0.25) is 0 Å². The number of carboxylic acids is 1. The minimum absolute atomic E-state index is 0.497. The number of aliphatic carboxylic acids is 1. The minimum atomic E-state index is -0.781. The largest absolute Gasteiger partial charge is 0.478 e. The van der Waals surface area contributed by atoms with E-state index in [0.717, 1.165) is 0 Å². The van der Waals surface area contributed by atoms with Gasteiger partial charge in [-0.15, -0.1) is 0 Å². The van der Waals surface area contributed by atoms with Crippen LogP contribution in [0.4, 0.5) is 0 Å². The topological polar surface area (TPSA) is 37.3 Å². The highest BCUT2D eigenvalue weighted by molar-refractivity contribution is 5.85. The lowest BCUT2D eigenvalue weighted by Crippen LogP contribution is -1.99. The molecule has 0 unspecified atom stereocenters. The summed E-state index contributed by atoms with van der Waals surface area (Å²) in [5.74, 6) is -0.247. The van der Waals surface area contributed by atoms with E-state index >= 15 is 0 Å². The Labute approximate surface area is 66.9 Å². The molecule has 0 aromatic carbocycles. The Hall–Kier alpha value is -0.790. The molecule has 0 amide bonds. The van der Waals surface area contributed by atoms with Crippen LogP contribution in [-0.2, 0) is 4.79 Å². The van der Waals surface area contributed by atoms with E-state index in [1.54, 1.807) is 6.92 Å². The summed E-state index contributed by atoms with van der Waals surface area (Å²) in [5.41, 5.74) is 0.497. The van der Waals surface area contributed by atoms with Crippen molar-refractivity contribution in [1.82, 2.24) is 0 Å². The highest BCUT2D eigenvalue weighted by Crippen LogP contribution is 2.26. The zero-order chi connectivity index (χ0) is 8.27. The maximum Gasteiger partial charge on any atom is 0.330 e. The van der Waals surface area contributed by atoms with Gasteiger partial charge in [-0.1, -0.05) is 18.9 Å². The Morgan fingerprint density at radius 2 is 2.00 bits per heavy atom. The van der Waals surface area contributed by atoms with E-state index in [1.807, 2.05) is 6.08 Å². The number of allylic oxidation sites excluding steroid dienone is 1. The molecule has 1 aliphatic carbocycles. The second-order valence-electron chi connectivity index (χ2n) is 3.20. The first-order valence-corrected chi connectivity index (χ1v) is 4.12. The van der Waals surface area contributed by atoms with E-state index in [4.69, 9.17) is 5.11 Å². The van der Waals surface area contributed by atoms with Gasteiger partial charge in [-0.2, -0.15) is 0 Å². The first-order valence-electron chi connectivity index (χ1n) is 4.12. The molecule has 0 aromatic rings. The molecule has 0 aromatic heterocycles. The maximum absolute atomic E-state index is 10.4. The summed E-state index contributed by atoms with van der Waals surface area (Å²) in [4.78, 5) is 10.4. The van der Waals surface area contributed by atoms with Crippen molar-refractivity contribution in [3.05, 3.63) is 11.6 Å². The Bertz CT molecular complexity index is 176. The van der Waals surface area contributed by atoms with Gasteiger partial charge in [0.05, 0.1) is 0 Å². The summed E-state index contributed by atoms with van der Waals surface area (Å²) in [6.07, 6.45) is 6.76. The molecule has 1 aliphatic rings. The summed E-state index contributed by atoms with van der Waals surface area (Å²) in [6.45, 7) is 1.67. The lowest BCUT2D eigenvalue weighted by Gasteiger charge is -2.01. The SMILES string of the molecule is C/C(=C\C1CCCC1)C(=O)O. The average Bonchev–Trinajstić information content (AvgIpc) is 2.39. The van der Waals surface area contributed by atoms with E-state index in [2.05, 4.69) is 0 Å². The summed E-state index contributed by atoms with van der Waals surface area (Å²) in [6, 6.07) is 0. The van der Waals surface area contributed by atoms with Crippen LogP contribution in [0.1, 0.15) is 32.6 Å². The minimum Gasteiger partial charge on any atom is -0.478 e. The fourth-order valence-electron chi connectivity index (χ4n) is 1.55. The fourth-order valence-corrected chi connectivity index (χ4v) is 1.55. The molecule has 2 heteroatoms. The molecule has 0 saturated heterocycles. The van der Waals surface area contributed by atoms with E-state index in [0.29, 0.717) is 11.5 Å². The Kier molecular flexibility index (Phi) is 2.69. The van der Waals surface area contributed by atoms with Crippen molar-refractivity contribution in [3.8, 4) is 0 Å². The van der Waals surface area contributed by atoms with Crippen LogP contribution >= 0.6 is 0 Å². The first kappa shape index (κ1) is 8.31. The smallest absolute Gasteiger partial charge is 0.330 e. The Morgan fingerprint density at radius 1 is 1.45 bits per heavy atom. The highest BCUT2D eigenvalue weighted by Gasteiger charge is 2.13. The molecule has 0 atom stereocenters. The normalized spacial score (nSPS) is 20.6. The van der Waals surface area contributed by atoms with Gasteiger partial charge in [0, 0.05) is 5.57 Å². The third-order valence-corrected chi connectivity index (χ3v) is 2.22. The van der Waals surface area contributed by atoms with E-state index in [9.17, 15) is 4.79 Å². The molecule has 0 spiro atoms. The number of hydrogen-bond acceptors (Lipinski definition) is 1. The average molecular weight is 154 g/mol. The third kappa shape index (κ3) is 2.37. The monoisotopic (exact) mass is 154 g/mol. The molecule has 0 aliphatic heterocycles. The van der Waals surface area contributed by atoms with Crippen LogP contribution in [0.3, 0.4) is 0 Å². The van der Waals surface area contributed by atoms with Gasteiger partial charge in [0.15, 0.2) is 0 Å². The Balaban J connectivity index is 2.49. The fraction of sp³-hybridized carbons (Fsp3) is 0.667. The molecular formula is C9H14O2. The van der Waals surface area contributed by atoms with Gasteiger partial charge in [0.1, 0.15) is 0 Å². The lowest BCUT2D eigenvalue weighted by molar-refractivity contribution is -0.132. The molecule has 1 rings (SSSR count). The molecule has 0 bridgehead atoms.